The number of para-hydroxylation sites is 1. The average molecular weight is 421 g/mol. The van der Waals surface area contributed by atoms with Gasteiger partial charge in [-0.1, -0.05) is 25.0 Å². The number of ether oxygens (including phenoxy) is 1. The van der Waals surface area contributed by atoms with Crippen molar-refractivity contribution in [2.45, 2.75) is 57.0 Å². The van der Waals surface area contributed by atoms with Gasteiger partial charge in [0.15, 0.2) is 0 Å². The van der Waals surface area contributed by atoms with Crippen LogP contribution in [0.2, 0.25) is 0 Å². The van der Waals surface area contributed by atoms with Crippen molar-refractivity contribution < 1.29 is 14.3 Å². The Bertz CT molecular complexity index is 1080. The van der Waals surface area contributed by atoms with Crippen molar-refractivity contribution in [2.24, 2.45) is 11.8 Å². The topological polar surface area (TPSA) is 98.2 Å². The van der Waals surface area contributed by atoms with E-state index in [4.69, 9.17) is 4.74 Å². The fourth-order valence-electron chi connectivity index (χ4n) is 5.26. The zero-order chi connectivity index (χ0) is 21.6. The summed E-state index contributed by atoms with van der Waals surface area (Å²) in [6.45, 7) is 1.20. The average Bonchev–Trinajstić information content (AvgIpc) is 3.48. The van der Waals surface area contributed by atoms with E-state index in [9.17, 15) is 14.9 Å². The first-order valence-electron chi connectivity index (χ1n) is 11.2. The smallest absolute Gasteiger partial charge is 0.226 e. The third-order valence-corrected chi connectivity index (χ3v) is 7.25. The molecule has 2 N–H and O–H groups in total. The van der Waals surface area contributed by atoms with Gasteiger partial charge in [-0.05, 0) is 31.7 Å². The van der Waals surface area contributed by atoms with E-state index in [0.29, 0.717) is 32.4 Å². The summed E-state index contributed by atoms with van der Waals surface area (Å²) in [7, 11) is 1.66. The first kappa shape index (κ1) is 19.9. The number of H-pyrrole nitrogens is 1. The van der Waals surface area contributed by atoms with Gasteiger partial charge in [0.2, 0.25) is 11.8 Å². The van der Waals surface area contributed by atoms with Crippen LogP contribution in [0.15, 0.2) is 18.2 Å². The minimum absolute atomic E-state index is 0.0737. The summed E-state index contributed by atoms with van der Waals surface area (Å²) in [5.41, 5.74) is 2.59. The van der Waals surface area contributed by atoms with E-state index in [1.165, 1.54) is 0 Å². The van der Waals surface area contributed by atoms with Crippen molar-refractivity contribution in [1.82, 2.24) is 15.2 Å². The van der Waals surface area contributed by atoms with Crippen LogP contribution in [0.5, 0.6) is 5.75 Å². The van der Waals surface area contributed by atoms with Gasteiger partial charge in [0.1, 0.15) is 11.3 Å². The molecule has 1 aliphatic heterocycles. The molecule has 162 valence electrons. The summed E-state index contributed by atoms with van der Waals surface area (Å²) in [4.78, 5) is 31.9. The SMILES string of the molecule is COc1cccc2c3c([nH]c12)CCN(C(=O)C1CCCCC1C(=O)NC1(C#N)CC1)C3. The van der Waals surface area contributed by atoms with E-state index in [-0.39, 0.29) is 23.7 Å². The molecule has 2 heterocycles. The van der Waals surface area contributed by atoms with Crippen molar-refractivity contribution in [3.63, 3.8) is 0 Å². The van der Waals surface area contributed by atoms with E-state index in [1.54, 1.807) is 7.11 Å². The fraction of sp³-hybridized carbons (Fsp3) is 0.542. The Morgan fingerprint density at radius 3 is 2.74 bits per heavy atom. The molecule has 2 aromatic rings. The van der Waals surface area contributed by atoms with Gasteiger partial charge in [0, 0.05) is 48.0 Å². The summed E-state index contributed by atoms with van der Waals surface area (Å²) >= 11 is 0. The summed E-state index contributed by atoms with van der Waals surface area (Å²) in [6.07, 6.45) is 5.55. The van der Waals surface area contributed by atoms with E-state index in [0.717, 1.165) is 53.6 Å². The number of aromatic amines is 1. The highest BCUT2D eigenvalue weighted by Crippen LogP contribution is 2.38. The summed E-state index contributed by atoms with van der Waals surface area (Å²) in [5.74, 6) is 0.123. The Hall–Kier alpha value is -3.01. The van der Waals surface area contributed by atoms with Crippen LogP contribution in [0.25, 0.3) is 10.9 Å². The number of benzene rings is 1. The Morgan fingerprint density at radius 1 is 1.26 bits per heavy atom. The molecular formula is C24H28N4O3. The molecule has 2 unspecified atom stereocenters. The zero-order valence-electron chi connectivity index (χ0n) is 17.9. The van der Waals surface area contributed by atoms with Crippen LogP contribution >= 0.6 is 0 Å². The van der Waals surface area contributed by atoms with Gasteiger partial charge in [-0.25, -0.2) is 0 Å². The van der Waals surface area contributed by atoms with E-state index >= 15 is 0 Å². The second kappa shape index (κ2) is 7.60. The Morgan fingerprint density at radius 2 is 2.03 bits per heavy atom. The van der Waals surface area contributed by atoms with Gasteiger partial charge in [0.05, 0.1) is 18.7 Å². The number of nitrogens with zero attached hydrogens (tertiary/aromatic N) is 2. The number of nitrogens with one attached hydrogen (secondary N) is 2. The second-order valence-electron chi connectivity index (χ2n) is 9.16. The first-order valence-corrected chi connectivity index (χ1v) is 11.2. The van der Waals surface area contributed by atoms with Crippen LogP contribution in [0.1, 0.15) is 49.8 Å². The molecule has 31 heavy (non-hydrogen) atoms. The lowest BCUT2D eigenvalue weighted by Gasteiger charge is -2.36. The van der Waals surface area contributed by atoms with Crippen molar-refractivity contribution in [1.29, 1.82) is 5.26 Å². The van der Waals surface area contributed by atoms with Gasteiger partial charge in [-0.2, -0.15) is 5.26 Å². The third-order valence-electron chi connectivity index (χ3n) is 7.25. The highest BCUT2D eigenvalue weighted by atomic mass is 16.5. The van der Waals surface area contributed by atoms with Crippen LogP contribution in [-0.4, -0.2) is 40.9 Å². The van der Waals surface area contributed by atoms with Gasteiger partial charge >= 0.3 is 0 Å². The molecule has 2 saturated carbocycles. The predicted molar refractivity (Wildman–Crippen MR) is 115 cm³/mol. The monoisotopic (exact) mass is 420 g/mol. The molecule has 7 nitrogen and oxygen atoms in total. The van der Waals surface area contributed by atoms with Crippen molar-refractivity contribution in [3.8, 4) is 11.8 Å². The third kappa shape index (κ3) is 3.44. The zero-order valence-corrected chi connectivity index (χ0v) is 17.9. The number of aromatic nitrogens is 1. The van der Waals surface area contributed by atoms with Crippen LogP contribution in [0.4, 0.5) is 0 Å². The number of nitriles is 1. The Balaban J connectivity index is 1.36. The van der Waals surface area contributed by atoms with Crippen molar-refractivity contribution in [3.05, 3.63) is 29.5 Å². The number of methoxy groups -OCH3 is 1. The largest absolute Gasteiger partial charge is 0.495 e. The van der Waals surface area contributed by atoms with Crippen LogP contribution in [0.3, 0.4) is 0 Å². The van der Waals surface area contributed by atoms with Crippen LogP contribution in [0, 0.1) is 23.2 Å². The van der Waals surface area contributed by atoms with E-state index in [1.807, 2.05) is 17.0 Å². The molecule has 1 aromatic carbocycles. The maximum absolute atomic E-state index is 13.6. The molecule has 2 aliphatic carbocycles. The second-order valence-corrected chi connectivity index (χ2v) is 9.16. The van der Waals surface area contributed by atoms with E-state index < -0.39 is 5.54 Å². The highest BCUT2D eigenvalue weighted by molar-refractivity contribution is 5.92. The number of rotatable bonds is 4. The lowest BCUT2D eigenvalue weighted by molar-refractivity contribution is -0.144. The quantitative estimate of drug-likeness (QED) is 0.794. The lowest BCUT2D eigenvalue weighted by Crippen LogP contribution is -2.48. The number of carbonyl (C=O) groups is 2. The predicted octanol–water partition coefficient (Wildman–Crippen LogP) is 3.04. The standard InChI is InChI=1S/C24H28N4O3/c1-31-20-8-4-7-15-18-13-28(12-9-19(18)26-21(15)20)23(30)17-6-3-2-5-16(17)22(29)27-24(14-25)10-11-24/h4,7-8,16-17,26H,2-3,5-6,9-13H2,1H3,(H,27,29). The maximum atomic E-state index is 13.6. The minimum atomic E-state index is -0.689. The molecule has 0 saturated heterocycles. The molecule has 0 radical (unpaired) electrons. The van der Waals surface area contributed by atoms with E-state index in [2.05, 4.69) is 22.4 Å². The molecule has 2 amide bonds. The van der Waals surface area contributed by atoms with Crippen LogP contribution < -0.4 is 10.1 Å². The molecule has 3 aliphatic rings. The molecule has 2 atom stereocenters. The van der Waals surface area contributed by atoms with Gasteiger partial charge < -0.3 is 19.9 Å². The minimum Gasteiger partial charge on any atom is -0.495 e. The molecule has 1 aromatic heterocycles. The Labute approximate surface area is 181 Å². The number of fused-ring (bicyclic) bond motifs is 3. The molecule has 5 rings (SSSR count). The van der Waals surface area contributed by atoms with Crippen LogP contribution in [-0.2, 0) is 22.6 Å². The summed E-state index contributed by atoms with van der Waals surface area (Å²) in [6, 6.07) is 8.20. The number of carbonyl (C=O) groups excluding carboxylic acids is 2. The van der Waals surface area contributed by atoms with Crippen molar-refractivity contribution >= 4 is 22.7 Å². The highest BCUT2D eigenvalue weighted by Gasteiger charge is 2.47. The van der Waals surface area contributed by atoms with Gasteiger partial charge in [-0.15, -0.1) is 0 Å². The maximum Gasteiger partial charge on any atom is 0.226 e. The van der Waals surface area contributed by atoms with Gasteiger partial charge in [-0.3, -0.25) is 9.59 Å². The molecule has 7 heteroatoms. The molecule has 0 bridgehead atoms. The first-order chi connectivity index (χ1) is 15.0. The fourth-order valence-corrected chi connectivity index (χ4v) is 5.26. The normalized spacial score (nSPS) is 24.2. The molecule has 2 fully saturated rings. The Kier molecular flexibility index (Phi) is 4.88. The van der Waals surface area contributed by atoms with Gasteiger partial charge in [0.25, 0.3) is 0 Å². The van der Waals surface area contributed by atoms with Crippen molar-refractivity contribution in [2.75, 3.05) is 13.7 Å². The number of hydrogen-bond acceptors (Lipinski definition) is 4. The number of hydrogen-bond donors (Lipinski definition) is 2. The molecule has 0 spiro atoms. The summed E-state index contributed by atoms with van der Waals surface area (Å²) in [5, 5.41) is 13.4. The lowest BCUT2D eigenvalue weighted by atomic mass is 9.77. The summed E-state index contributed by atoms with van der Waals surface area (Å²) < 4.78 is 5.49. The molecular weight excluding hydrogens is 392 g/mol. The number of amides is 2.